The number of anilines is 2. The van der Waals surface area contributed by atoms with Crippen molar-refractivity contribution >= 4 is 21.7 Å². The molecule has 6 heteroatoms. The molecule has 0 aliphatic carbocycles. The molecule has 1 heterocycles. The molecule has 0 amide bonds. The molecular formula is C25H36N2O3S. The summed E-state index contributed by atoms with van der Waals surface area (Å²) < 4.78 is 35.9. The van der Waals surface area contributed by atoms with Crippen LogP contribution in [0.2, 0.25) is 0 Å². The molecular weight excluding hydrogens is 408 g/mol. The van der Waals surface area contributed by atoms with Gasteiger partial charge in [0, 0.05) is 6.54 Å². The second-order valence-electron chi connectivity index (χ2n) is 8.47. The Hall–Kier alpha value is -2.05. The Bertz CT molecular complexity index is 902. The normalized spacial score (nSPS) is 16.0. The Balaban J connectivity index is 1.66. The van der Waals surface area contributed by atoms with E-state index in [9.17, 15) is 13.0 Å². The van der Waals surface area contributed by atoms with E-state index < -0.39 is 16.5 Å². The van der Waals surface area contributed by atoms with Gasteiger partial charge in [-0.3, -0.25) is 4.55 Å². The fraction of sp³-hybridized carbons (Fsp3) is 0.520. The van der Waals surface area contributed by atoms with E-state index in [0.29, 0.717) is 18.7 Å². The van der Waals surface area contributed by atoms with E-state index in [1.54, 1.807) is 6.07 Å². The predicted molar refractivity (Wildman–Crippen MR) is 129 cm³/mol. The third-order valence-electron chi connectivity index (χ3n) is 6.07. The Morgan fingerprint density at radius 2 is 1.32 bits per heavy atom. The van der Waals surface area contributed by atoms with Gasteiger partial charge in [0.1, 0.15) is 6.17 Å². The molecule has 1 aliphatic rings. The summed E-state index contributed by atoms with van der Waals surface area (Å²) >= 11 is 0. The molecule has 5 nitrogen and oxygen atoms in total. The van der Waals surface area contributed by atoms with E-state index in [1.165, 1.54) is 49.3 Å². The van der Waals surface area contributed by atoms with Gasteiger partial charge in [-0.15, -0.1) is 0 Å². The summed E-state index contributed by atoms with van der Waals surface area (Å²) in [6.45, 7) is 2.84. The highest BCUT2D eigenvalue weighted by atomic mass is 32.2. The lowest BCUT2D eigenvalue weighted by molar-refractivity contribution is 0.456. The van der Waals surface area contributed by atoms with Crippen molar-refractivity contribution < 1.29 is 13.0 Å². The Morgan fingerprint density at radius 3 is 1.94 bits per heavy atom. The fourth-order valence-corrected chi connectivity index (χ4v) is 5.43. The SMILES string of the molecule is CCCCCCCCCCCC1N(Cc2ccccc2)c2ccccc2N1S(=O)(=O)O. The summed E-state index contributed by atoms with van der Waals surface area (Å²) in [7, 11) is -4.36. The lowest BCUT2D eigenvalue weighted by Gasteiger charge is -2.31. The number of benzene rings is 2. The van der Waals surface area contributed by atoms with Crippen molar-refractivity contribution in [3.63, 3.8) is 0 Å². The maximum Gasteiger partial charge on any atom is 0.361 e. The summed E-state index contributed by atoms with van der Waals surface area (Å²) in [5.74, 6) is 0. The van der Waals surface area contributed by atoms with E-state index in [-0.39, 0.29) is 0 Å². The van der Waals surface area contributed by atoms with Gasteiger partial charge in [-0.25, -0.2) is 4.31 Å². The van der Waals surface area contributed by atoms with E-state index in [2.05, 4.69) is 11.8 Å². The van der Waals surface area contributed by atoms with Gasteiger partial charge < -0.3 is 4.90 Å². The van der Waals surface area contributed by atoms with Gasteiger partial charge in [-0.1, -0.05) is 101 Å². The van der Waals surface area contributed by atoms with Crippen LogP contribution in [-0.4, -0.2) is 19.1 Å². The molecule has 0 spiro atoms. The van der Waals surface area contributed by atoms with E-state index in [4.69, 9.17) is 0 Å². The Kier molecular flexibility index (Phi) is 8.79. The highest BCUT2D eigenvalue weighted by molar-refractivity contribution is 7.87. The topological polar surface area (TPSA) is 60.9 Å². The maximum absolute atomic E-state index is 12.3. The van der Waals surface area contributed by atoms with Crippen molar-refractivity contribution in [1.29, 1.82) is 0 Å². The van der Waals surface area contributed by atoms with E-state index in [0.717, 1.165) is 24.1 Å². The van der Waals surface area contributed by atoms with Crippen LogP contribution in [0.5, 0.6) is 0 Å². The zero-order valence-corrected chi connectivity index (χ0v) is 19.4. The molecule has 1 atom stereocenters. The van der Waals surface area contributed by atoms with E-state index >= 15 is 0 Å². The minimum absolute atomic E-state index is 0.405. The van der Waals surface area contributed by atoms with Crippen LogP contribution in [-0.2, 0) is 16.8 Å². The van der Waals surface area contributed by atoms with Crippen molar-refractivity contribution in [2.24, 2.45) is 0 Å². The standard InChI is InChI=1S/C25H36N2O3S/c1-2-3-4-5-6-7-8-9-13-20-25-26(21-22-16-11-10-12-17-22)23-18-14-15-19-24(23)27(25)31(28,29)30/h10-12,14-19,25H,2-9,13,20-21H2,1H3,(H,28,29,30). The number of hydrogen-bond acceptors (Lipinski definition) is 3. The largest absolute Gasteiger partial charge is 0.361 e. The van der Waals surface area contributed by atoms with Gasteiger partial charge in [0.2, 0.25) is 0 Å². The number of hydrogen-bond donors (Lipinski definition) is 1. The van der Waals surface area contributed by atoms with Crippen molar-refractivity contribution in [1.82, 2.24) is 0 Å². The Morgan fingerprint density at radius 1 is 0.774 bits per heavy atom. The van der Waals surface area contributed by atoms with Gasteiger partial charge >= 0.3 is 10.3 Å². The zero-order chi connectivity index (χ0) is 22.1. The second kappa shape index (κ2) is 11.5. The molecule has 1 N–H and O–H groups in total. The van der Waals surface area contributed by atoms with Crippen LogP contribution in [0, 0.1) is 0 Å². The summed E-state index contributed by atoms with van der Waals surface area (Å²) in [6.07, 6.45) is 11.2. The average molecular weight is 445 g/mol. The molecule has 31 heavy (non-hydrogen) atoms. The molecule has 3 rings (SSSR count). The third kappa shape index (κ3) is 6.47. The van der Waals surface area contributed by atoms with Gasteiger partial charge in [-0.2, -0.15) is 8.42 Å². The molecule has 170 valence electrons. The number of fused-ring (bicyclic) bond motifs is 1. The van der Waals surface area contributed by atoms with Crippen LogP contribution in [0.1, 0.15) is 76.7 Å². The van der Waals surface area contributed by atoms with Gasteiger partial charge in [0.15, 0.2) is 0 Å². The molecule has 2 aromatic carbocycles. The summed E-state index contributed by atoms with van der Waals surface area (Å²) in [4.78, 5) is 2.11. The highest BCUT2D eigenvalue weighted by Crippen LogP contribution is 2.43. The number of rotatable bonds is 13. The minimum Gasteiger partial charge on any atom is -0.344 e. The summed E-state index contributed by atoms with van der Waals surface area (Å²) in [6, 6.07) is 17.5. The molecule has 0 saturated carbocycles. The minimum atomic E-state index is -4.36. The third-order valence-corrected chi connectivity index (χ3v) is 7.01. The summed E-state index contributed by atoms with van der Waals surface area (Å²) in [5, 5.41) is 0. The molecule has 0 radical (unpaired) electrons. The van der Waals surface area contributed by atoms with Crippen LogP contribution in [0.4, 0.5) is 11.4 Å². The first-order valence-corrected chi connectivity index (χ1v) is 13.1. The van der Waals surface area contributed by atoms with Crippen molar-refractivity contribution in [3.8, 4) is 0 Å². The van der Waals surface area contributed by atoms with E-state index in [1.807, 2.05) is 48.5 Å². The lowest BCUT2D eigenvalue weighted by atomic mass is 10.1. The molecule has 1 aliphatic heterocycles. The van der Waals surface area contributed by atoms with Crippen molar-refractivity contribution in [3.05, 3.63) is 60.2 Å². The fourth-order valence-electron chi connectivity index (χ4n) is 4.50. The smallest absolute Gasteiger partial charge is 0.344 e. The molecule has 1 unspecified atom stereocenters. The lowest BCUT2D eigenvalue weighted by Crippen LogP contribution is -2.45. The zero-order valence-electron chi connectivity index (χ0n) is 18.6. The summed E-state index contributed by atoms with van der Waals surface area (Å²) in [5.41, 5.74) is 2.53. The second-order valence-corrected chi connectivity index (χ2v) is 9.76. The van der Waals surface area contributed by atoms with Crippen LogP contribution in [0.25, 0.3) is 0 Å². The number of unbranched alkanes of at least 4 members (excludes halogenated alkanes) is 8. The van der Waals surface area contributed by atoms with Crippen LogP contribution in [0.15, 0.2) is 54.6 Å². The predicted octanol–water partition coefficient (Wildman–Crippen LogP) is 6.56. The van der Waals surface area contributed by atoms with Crippen molar-refractivity contribution in [2.45, 2.75) is 83.8 Å². The monoisotopic (exact) mass is 444 g/mol. The first-order valence-electron chi connectivity index (χ1n) is 11.7. The van der Waals surface area contributed by atoms with Gasteiger partial charge in [-0.05, 0) is 30.5 Å². The average Bonchev–Trinajstić information content (AvgIpc) is 3.07. The molecule has 0 bridgehead atoms. The Labute approximate surface area is 188 Å². The first-order chi connectivity index (χ1) is 15.0. The highest BCUT2D eigenvalue weighted by Gasteiger charge is 2.41. The molecule has 0 fully saturated rings. The van der Waals surface area contributed by atoms with Gasteiger partial charge in [0.05, 0.1) is 11.4 Å². The maximum atomic E-state index is 12.3. The molecule has 0 saturated heterocycles. The van der Waals surface area contributed by atoms with Gasteiger partial charge in [0.25, 0.3) is 0 Å². The quantitative estimate of drug-likeness (QED) is 0.281. The first kappa shape index (κ1) is 23.6. The van der Waals surface area contributed by atoms with Crippen LogP contribution >= 0.6 is 0 Å². The van der Waals surface area contributed by atoms with Crippen LogP contribution in [0.3, 0.4) is 0 Å². The number of para-hydroxylation sites is 2. The molecule has 0 aromatic heterocycles. The van der Waals surface area contributed by atoms with Crippen LogP contribution < -0.4 is 9.21 Å². The number of nitrogens with zero attached hydrogens (tertiary/aromatic N) is 2. The van der Waals surface area contributed by atoms with Crippen molar-refractivity contribution in [2.75, 3.05) is 9.21 Å². The molecule has 2 aromatic rings.